The molecule has 4 rings (SSSR count). The Labute approximate surface area is 160 Å². The number of aliphatic hydroxyl groups is 1. The third-order valence-electron chi connectivity index (χ3n) is 5.55. The van der Waals surface area contributed by atoms with Gasteiger partial charge >= 0.3 is 0 Å². The van der Waals surface area contributed by atoms with E-state index < -0.39 is 5.60 Å². The third kappa shape index (κ3) is 3.14. The fourth-order valence-electron chi connectivity index (χ4n) is 4.31. The highest BCUT2D eigenvalue weighted by Gasteiger charge is 2.55. The number of hydrogen-bond acceptors (Lipinski definition) is 3. The minimum absolute atomic E-state index is 0.245. The van der Waals surface area contributed by atoms with Crippen LogP contribution in [-0.2, 0) is 5.60 Å². The molecule has 1 heterocycles. The van der Waals surface area contributed by atoms with Gasteiger partial charge < -0.3 is 14.7 Å². The first kappa shape index (κ1) is 17.8. The molecule has 3 aromatic carbocycles. The zero-order valence-corrected chi connectivity index (χ0v) is 15.8. The second-order valence-corrected chi connectivity index (χ2v) is 7.75. The Morgan fingerprint density at radius 2 is 1.26 bits per heavy atom. The molecule has 0 saturated carbocycles. The van der Waals surface area contributed by atoms with Crippen LogP contribution < -0.4 is 4.74 Å². The van der Waals surface area contributed by atoms with Crippen LogP contribution in [0.3, 0.4) is 0 Å². The lowest BCUT2D eigenvalue weighted by atomic mass is 9.62. The molecular formula is C24H25NO2. The maximum absolute atomic E-state index is 12.0. The zero-order valence-electron chi connectivity index (χ0n) is 15.8. The quantitative estimate of drug-likeness (QED) is 0.719. The van der Waals surface area contributed by atoms with E-state index in [9.17, 15) is 5.11 Å². The van der Waals surface area contributed by atoms with Crippen molar-refractivity contribution in [1.82, 2.24) is 4.90 Å². The van der Waals surface area contributed by atoms with Crippen LogP contribution in [0.25, 0.3) is 0 Å². The van der Waals surface area contributed by atoms with E-state index in [4.69, 9.17) is 4.74 Å². The summed E-state index contributed by atoms with van der Waals surface area (Å²) in [5.74, 6) is 1.56. The fourth-order valence-corrected chi connectivity index (χ4v) is 4.31. The van der Waals surface area contributed by atoms with Gasteiger partial charge in [-0.2, -0.15) is 0 Å². The molecule has 1 aliphatic heterocycles. The highest BCUT2D eigenvalue weighted by atomic mass is 16.5. The standard InChI is InChI=1S/C24H25NO2/c1-23(17-25(2)18-23)24(26,19-9-5-3-6-10-19)20-13-15-22(16-14-20)27-21-11-7-4-8-12-21/h3-16,26H,17-18H2,1-2H3/t24-/m1/s1. The van der Waals surface area contributed by atoms with Gasteiger partial charge in [0.25, 0.3) is 0 Å². The summed E-state index contributed by atoms with van der Waals surface area (Å²) in [6.07, 6.45) is 0. The van der Waals surface area contributed by atoms with Crippen molar-refractivity contribution in [2.75, 3.05) is 20.1 Å². The lowest BCUT2D eigenvalue weighted by Gasteiger charge is -2.56. The van der Waals surface area contributed by atoms with Crippen LogP contribution >= 0.6 is 0 Å². The summed E-state index contributed by atoms with van der Waals surface area (Å²) in [5.41, 5.74) is 0.527. The summed E-state index contributed by atoms with van der Waals surface area (Å²) in [5, 5.41) is 12.0. The average molecular weight is 359 g/mol. The predicted molar refractivity (Wildman–Crippen MR) is 108 cm³/mol. The van der Waals surface area contributed by atoms with E-state index in [1.165, 1.54) is 0 Å². The SMILES string of the molecule is CN1CC(C)([C@@](O)(c2ccccc2)c2ccc(Oc3ccccc3)cc2)C1. The molecule has 0 aromatic heterocycles. The van der Waals surface area contributed by atoms with Crippen molar-refractivity contribution < 1.29 is 9.84 Å². The van der Waals surface area contributed by atoms with E-state index in [1.54, 1.807) is 0 Å². The smallest absolute Gasteiger partial charge is 0.127 e. The number of ether oxygens (including phenoxy) is 1. The van der Waals surface area contributed by atoms with Crippen LogP contribution in [0.15, 0.2) is 84.9 Å². The number of nitrogens with zero attached hydrogens (tertiary/aromatic N) is 1. The van der Waals surface area contributed by atoms with Gasteiger partial charge in [0.05, 0.1) is 0 Å². The number of hydrogen-bond donors (Lipinski definition) is 1. The summed E-state index contributed by atoms with van der Waals surface area (Å²) in [4.78, 5) is 2.24. The molecule has 138 valence electrons. The molecule has 0 bridgehead atoms. The second kappa shape index (κ2) is 6.84. The van der Waals surface area contributed by atoms with E-state index in [0.29, 0.717) is 0 Å². The van der Waals surface area contributed by atoms with Gasteiger partial charge in [-0.3, -0.25) is 0 Å². The minimum atomic E-state index is -1.05. The van der Waals surface area contributed by atoms with Gasteiger partial charge in [-0.05, 0) is 42.4 Å². The van der Waals surface area contributed by atoms with Crippen molar-refractivity contribution in [1.29, 1.82) is 0 Å². The van der Waals surface area contributed by atoms with Crippen LogP contribution in [0, 0.1) is 5.41 Å². The molecule has 3 nitrogen and oxygen atoms in total. The molecule has 1 aliphatic rings. The Hall–Kier alpha value is -2.62. The Kier molecular flexibility index (Phi) is 4.50. The Balaban J connectivity index is 1.69. The molecule has 0 unspecified atom stereocenters. The van der Waals surface area contributed by atoms with E-state index in [-0.39, 0.29) is 5.41 Å². The van der Waals surface area contributed by atoms with Crippen LogP contribution in [-0.4, -0.2) is 30.1 Å². The number of likely N-dealkylation sites (tertiary alicyclic amines) is 1. The summed E-state index contributed by atoms with van der Waals surface area (Å²) in [6, 6.07) is 27.5. The highest BCUT2D eigenvalue weighted by Crippen LogP contribution is 2.50. The van der Waals surface area contributed by atoms with E-state index in [2.05, 4.69) is 18.9 Å². The van der Waals surface area contributed by atoms with Gasteiger partial charge in [0.1, 0.15) is 17.1 Å². The molecule has 3 heteroatoms. The van der Waals surface area contributed by atoms with Crippen molar-refractivity contribution >= 4 is 0 Å². The van der Waals surface area contributed by atoms with Gasteiger partial charge in [-0.1, -0.05) is 67.6 Å². The molecule has 1 saturated heterocycles. The predicted octanol–water partition coefficient (Wildman–Crippen LogP) is 4.67. The maximum atomic E-state index is 12.0. The second-order valence-electron chi connectivity index (χ2n) is 7.75. The van der Waals surface area contributed by atoms with Crippen LogP contribution in [0.1, 0.15) is 18.1 Å². The van der Waals surface area contributed by atoms with Crippen molar-refractivity contribution in [3.63, 3.8) is 0 Å². The molecule has 0 spiro atoms. The first-order valence-electron chi connectivity index (χ1n) is 9.31. The van der Waals surface area contributed by atoms with Crippen molar-refractivity contribution in [3.8, 4) is 11.5 Å². The van der Waals surface area contributed by atoms with E-state index in [1.807, 2.05) is 84.9 Å². The van der Waals surface area contributed by atoms with Crippen LogP contribution in [0.2, 0.25) is 0 Å². The highest BCUT2D eigenvalue weighted by molar-refractivity contribution is 5.43. The third-order valence-corrected chi connectivity index (χ3v) is 5.55. The van der Waals surface area contributed by atoms with Crippen molar-refractivity contribution in [2.45, 2.75) is 12.5 Å². The normalized spacial score (nSPS) is 18.3. The zero-order chi connectivity index (χ0) is 18.9. The Morgan fingerprint density at radius 1 is 0.778 bits per heavy atom. The average Bonchev–Trinajstić information content (AvgIpc) is 2.68. The van der Waals surface area contributed by atoms with Crippen LogP contribution in [0.5, 0.6) is 11.5 Å². The number of rotatable bonds is 5. The summed E-state index contributed by atoms with van der Waals surface area (Å²) >= 11 is 0. The van der Waals surface area contributed by atoms with Gasteiger partial charge in [0, 0.05) is 18.5 Å². The Bertz CT molecular complexity index is 887. The summed E-state index contributed by atoms with van der Waals surface area (Å²) < 4.78 is 5.90. The van der Waals surface area contributed by atoms with E-state index >= 15 is 0 Å². The lowest BCUT2D eigenvalue weighted by molar-refractivity contribution is -0.127. The lowest BCUT2D eigenvalue weighted by Crippen LogP contribution is -2.63. The van der Waals surface area contributed by atoms with Gasteiger partial charge in [-0.15, -0.1) is 0 Å². The summed E-state index contributed by atoms with van der Waals surface area (Å²) in [7, 11) is 2.09. The first-order valence-corrected chi connectivity index (χ1v) is 9.31. The first-order chi connectivity index (χ1) is 13.0. The molecule has 0 radical (unpaired) electrons. The van der Waals surface area contributed by atoms with Crippen molar-refractivity contribution in [3.05, 3.63) is 96.1 Å². The van der Waals surface area contributed by atoms with E-state index in [0.717, 1.165) is 35.7 Å². The fraction of sp³-hybridized carbons (Fsp3) is 0.250. The number of benzene rings is 3. The Morgan fingerprint density at radius 3 is 1.81 bits per heavy atom. The summed E-state index contributed by atoms with van der Waals surface area (Å²) in [6.45, 7) is 3.86. The van der Waals surface area contributed by atoms with Crippen molar-refractivity contribution in [2.24, 2.45) is 5.41 Å². The minimum Gasteiger partial charge on any atom is -0.457 e. The number of para-hydroxylation sites is 1. The molecule has 3 aromatic rings. The molecule has 0 amide bonds. The molecule has 27 heavy (non-hydrogen) atoms. The van der Waals surface area contributed by atoms with Crippen LogP contribution in [0.4, 0.5) is 0 Å². The largest absolute Gasteiger partial charge is 0.457 e. The molecule has 0 aliphatic carbocycles. The van der Waals surface area contributed by atoms with Gasteiger partial charge in [0.15, 0.2) is 0 Å². The molecule has 1 fully saturated rings. The molecular weight excluding hydrogens is 334 g/mol. The topological polar surface area (TPSA) is 32.7 Å². The maximum Gasteiger partial charge on any atom is 0.127 e. The van der Waals surface area contributed by atoms with Gasteiger partial charge in [0.2, 0.25) is 0 Å². The monoisotopic (exact) mass is 359 g/mol. The van der Waals surface area contributed by atoms with Gasteiger partial charge in [-0.25, -0.2) is 0 Å². The molecule has 1 N–H and O–H groups in total. The molecule has 1 atom stereocenters.